The van der Waals surface area contributed by atoms with Crippen LogP contribution in [-0.4, -0.2) is 6.17 Å². The largest absolute Gasteiger partial charge is 0.247 e. The molecule has 1 aliphatic rings. The van der Waals surface area contributed by atoms with Crippen LogP contribution in [0.15, 0.2) is 0 Å². The molecule has 0 N–H and O–H groups in total. The Balaban J connectivity index is 2.55. The van der Waals surface area contributed by atoms with Crippen molar-refractivity contribution in [1.29, 1.82) is 0 Å². The Labute approximate surface area is 69.2 Å². The van der Waals surface area contributed by atoms with Gasteiger partial charge in [0.05, 0.1) is 0 Å². The summed E-state index contributed by atoms with van der Waals surface area (Å²) in [6, 6.07) is 0. The SMILES string of the molecule is CCCC1(C(C)F)CCCC1. The van der Waals surface area contributed by atoms with E-state index in [0.29, 0.717) is 0 Å². The minimum Gasteiger partial charge on any atom is -0.247 e. The van der Waals surface area contributed by atoms with E-state index in [0.717, 1.165) is 25.7 Å². The average molecular weight is 158 g/mol. The van der Waals surface area contributed by atoms with E-state index in [9.17, 15) is 4.39 Å². The summed E-state index contributed by atoms with van der Waals surface area (Å²) in [7, 11) is 0. The zero-order chi connectivity index (χ0) is 8.32. The smallest absolute Gasteiger partial charge is 0.103 e. The van der Waals surface area contributed by atoms with E-state index >= 15 is 0 Å². The topological polar surface area (TPSA) is 0 Å². The van der Waals surface area contributed by atoms with Gasteiger partial charge in [0.25, 0.3) is 0 Å². The lowest BCUT2D eigenvalue weighted by atomic mass is 9.78. The van der Waals surface area contributed by atoms with Crippen LogP contribution >= 0.6 is 0 Å². The lowest BCUT2D eigenvalue weighted by Crippen LogP contribution is -2.26. The van der Waals surface area contributed by atoms with Crippen LogP contribution < -0.4 is 0 Å². The van der Waals surface area contributed by atoms with E-state index < -0.39 is 6.17 Å². The summed E-state index contributed by atoms with van der Waals surface area (Å²) in [5.74, 6) is 0. The van der Waals surface area contributed by atoms with Crippen molar-refractivity contribution in [2.75, 3.05) is 0 Å². The molecular weight excluding hydrogens is 139 g/mol. The highest BCUT2D eigenvalue weighted by atomic mass is 19.1. The quantitative estimate of drug-likeness (QED) is 0.587. The molecule has 0 aromatic carbocycles. The van der Waals surface area contributed by atoms with Gasteiger partial charge in [-0.05, 0) is 26.2 Å². The number of hydrogen-bond acceptors (Lipinski definition) is 0. The van der Waals surface area contributed by atoms with Gasteiger partial charge in [-0.1, -0.05) is 26.2 Å². The molecule has 1 heteroatoms. The van der Waals surface area contributed by atoms with Crippen molar-refractivity contribution in [3.8, 4) is 0 Å². The second kappa shape index (κ2) is 3.55. The normalized spacial score (nSPS) is 25.4. The van der Waals surface area contributed by atoms with E-state index in [1.165, 1.54) is 12.8 Å². The Morgan fingerprint density at radius 3 is 2.27 bits per heavy atom. The molecule has 1 rings (SSSR count). The molecule has 1 unspecified atom stereocenters. The number of alkyl halides is 1. The first-order valence-corrected chi connectivity index (χ1v) is 4.85. The van der Waals surface area contributed by atoms with Gasteiger partial charge in [-0.15, -0.1) is 0 Å². The van der Waals surface area contributed by atoms with Crippen LogP contribution in [0.4, 0.5) is 4.39 Å². The van der Waals surface area contributed by atoms with Gasteiger partial charge in [-0.25, -0.2) is 4.39 Å². The number of hydrogen-bond donors (Lipinski definition) is 0. The highest BCUT2D eigenvalue weighted by Gasteiger charge is 2.38. The number of rotatable bonds is 3. The fourth-order valence-electron chi connectivity index (χ4n) is 2.42. The van der Waals surface area contributed by atoms with Crippen LogP contribution in [0.5, 0.6) is 0 Å². The standard InChI is InChI=1S/C10H19F/c1-3-6-10(9(2)11)7-4-5-8-10/h9H,3-8H2,1-2H3. The summed E-state index contributed by atoms with van der Waals surface area (Å²) in [4.78, 5) is 0. The fourth-order valence-corrected chi connectivity index (χ4v) is 2.42. The summed E-state index contributed by atoms with van der Waals surface area (Å²) in [6.07, 6.45) is 6.36. The van der Waals surface area contributed by atoms with Gasteiger partial charge in [0.15, 0.2) is 0 Å². The van der Waals surface area contributed by atoms with Crippen molar-refractivity contribution >= 4 is 0 Å². The lowest BCUT2D eigenvalue weighted by Gasteiger charge is -2.30. The lowest BCUT2D eigenvalue weighted by molar-refractivity contribution is 0.113. The van der Waals surface area contributed by atoms with E-state index in [1.54, 1.807) is 6.92 Å². The van der Waals surface area contributed by atoms with E-state index in [1.807, 2.05) is 0 Å². The van der Waals surface area contributed by atoms with Gasteiger partial charge in [-0.2, -0.15) is 0 Å². The Hall–Kier alpha value is -0.0700. The predicted octanol–water partition coefficient (Wildman–Crippen LogP) is 3.70. The van der Waals surface area contributed by atoms with Crippen molar-refractivity contribution in [2.24, 2.45) is 5.41 Å². The van der Waals surface area contributed by atoms with Crippen LogP contribution in [0.2, 0.25) is 0 Å². The summed E-state index contributed by atoms with van der Waals surface area (Å²) in [5, 5.41) is 0. The van der Waals surface area contributed by atoms with Crippen LogP contribution in [0.25, 0.3) is 0 Å². The van der Waals surface area contributed by atoms with Crippen LogP contribution in [0.1, 0.15) is 52.4 Å². The van der Waals surface area contributed by atoms with Crippen molar-refractivity contribution in [3.05, 3.63) is 0 Å². The molecule has 0 bridgehead atoms. The van der Waals surface area contributed by atoms with Crippen LogP contribution in [-0.2, 0) is 0 Å². The maximum absolute atomic E-state index is 13.2. The molecule has 0 aromatic heterocycles. The number of halogens is 1. The van der Waals surface area contributed by atoms with E-state index in [2.05, 4.69) is 6.92 Å². The van der Waals surface area contributed by atoms with Crippen LogP contribution in [0.3, 0.4) is 0 Å². The molecule has 0 saturated heterocycles. The first-order valence-electron chi connectivity index (χ1n) is 4.85. The summed E-state index contributed by atoms with van der Waals surface area (Å²) in [6.45, 7) is 3.89. The highest BCUT2D eigenvalue weighted by Crippen LogP contribution is 2.45. The molecule has 66 valence electrons. The van der Waals surface area contributed by atoms with Gasteiger partial charge in [0, 0.05) is 5.41 Å². The maximum atomic E-state index is 13.2. The van der Waals surface area contributed by atoms with Crippen molar-refractivity contribution < 1.29 is 4.39 Å². The second-order valence-corrected chi connectivity index (χ2v) is 3.94. The second-order valence-electron chi connectivity index (χ2n) is 3.94. The van der Waals surface area contributed by atoms with Crippen molar-refractivity contribution in [3.63, 3.8) is 0 Å². The molecule has 1 saturated carbocycles. The highest BCUT2D eigenvalue weighted by molar-refractivity contribution is 4.88. The molecule has 1 atom stereocenters. The molecule has 0 amide bonds. The van der Waals surface area contributed by atoms with Gasteiger partial charge < -0.3 is 0 Å². The molecule has 0 heterocycles. The molecule has 1 aliphatic carbocycles. The first-order chi connectivity index (χ1) is 5.21. The van der Waals surface area contributed by atoms with Gasteiger partial charge in [0.1, 0.15) is 6.17 Å². The monoisotopic (exact) mass is 158 g/mol. The van der Waals surface area contributed by atoms with Gasteiger partial charge in [0.2, 0.25) is 0 Å². The Kier molecular flexibility index (Phi) is 2.91. The fraction of sp³-hybridized carbons (Fsp3) is 1.00. The zero-order valence-electron chi connectivity index (χ0n) is 7.70. The molecule has 0 aromatic rings. The Bertz CT molecular complexity index is 112. The third kappa shape index (κ3) is 1.74. The Morgan fingerprint density at radius 2 is 1.91 bits per heavy atom. The predicted molar refractivity (Wildman–Crippen MR) is 46.4 cm³/mol. The summed E-state index contributed by atoms with van der Waals surface area (Å²) >= 11 is 0. The average Bonchev–Trinajstić information content (AvgIpc) is 2.38. The molecule has 0 aliphatic heterocycles. The van der Waals surface area contributed by atoms with Crippen molar-refractivity contribution in [2.45, 2.75) is 58.5 Å². The molecule has 11 heavy (non-hydrogen) atoms. The van der Waals surface area contributed by atoms with Gasteiger partial charge in [-0.3, -0.25) is 0 Å². The third-order valence-electron chi connectivity index (χ3n) is 3.19. The summed E-state index contributed by atoms with van der Waals surface area (Å²) in [5.41, 5.74) is 0.0781. The zero-order valence-corrected chi connectivity index (χ0v) is 7.70. The molecular formula is C10H19F. The van der Waals surface area contributed by atoms with Crippen molar-refractivity contribution in [1.82, 2.24) is 0 Å². The molecule has 1 fully saturated rings. The van der Waals surface area contributed by atoms with E-state index in [4.69, 9.17) is 0 Å². The molecule has 0 spiro atoms. The maximum Gasteiger partial charge on any atom is 0.103 e. The molecule has 0 radical (unpaired) electrons. The van der Waals surface area contributed by atoms with E-state index in [-0.39, 0.29) is 5.41 Å². The molecule has 0 nitrogen and oxygen atoms in total. The third-order valence-corrected chi connectivity index (χ3v) is 3.19. The summed E-state index contributed by atoms with van der Waals surface area (Å²) < 4.78 is 13.2. The minimum absolute atomic E-state index is 0.0781. The minimum atomic E-state index is -0.593. The van der Waals surface area contributed by atoms with Gasteiger partial charge >= 0.3 is 0 Å². The first kappa shape index (κ1) is 9.02. The van der Waals surface area contributed by atoms with Crippen LogP contribution in [0, 0.1) is 5.41 Å². The Morgan fingerprint density at radius 1 is 1.36 bits per heavy atom.